The van der Waals surface area contributed by atoms with Gasteiger partial charge in [-0.2, -0.15) is 0 Å². The van der Waals surface area contributed by atoms with Gasteiger partial charge in [0.2, 0.25) is 0 Å². The second-order valence-corrected chi connectivity index (χ2v) is 6.62. The standard InChI is InChI=1S/C15H16N2O5S/c1-10-7-8-12(14(9-10)22-3)16-23(20,21)15-6-4-5-13(11(15)2)17(18)19/h4-9,16H,1-3H3. The first-order valence-electron chi connectivity index (χ1n) is 6.67. The summed E-state index contributed by atoms with van der Waals surface area (Å²) in [6.45, 7) is 3.25. The first-order chi connectivity index (χ1) is 10.8. The Morgan fingerprint density at radius 3 is 2.48 bits per heavy atom. The number of ether oxygens (including phenoxy) is 1. The van der Waals surface area contributed by atoms with Gasteiger partial charge < -0.3 is 4.74 Å². The Kier molecular flexibility index (Phi) is 4.55. The summed E-state index contributed by atoms with van der Waals surface area (Å²) in [5.74, 6) is 0.372. The number of nitrogens with zero attached hydrogens (tertiary/aromatic N) is 1. The van der Waals surface area contributed by atoms with Crippen LogP contribution in [0.5, 0.6) is 5.75 Å². The molecule has 0 aliphatic rings. The van der Waals surface area contributed by atoms with Gasteiger partial charge in [-0.1, -0.05) is 12.1 Å². The van der Waals surface area contributed by atoms with Crippen molar-refractivity contribution in [2.45, 2.75) is 18.7 Å². The second-order valence-electron chi connectivity index (χ2n) is 4.97. The van der Waals surface area contributed by atoms with E-state index in [1.807, 2.05) is 6.92 Å². The number of methoxy groups -OCH3 is 1. The largest absolute Gasteiger partial charge is 0.495 e. The highest BCUT2D eigenvalue weighted by Gasteiger charge is 2.23. The molecular formula is C15H16N2O5S. The van der Waals surface area contributed by atoms with Crippen molar-refractivity contribution in [2.24, 2.45) is 0 Å². The molecular weight excluding hydrogens is 320 g/mol. The van der Waals surface area contributed by atoms with Crippen LogP contribution in [-0.4, -0.2) is 20.5 Å². The molecule has 0 unspecified atom stereocenters. The molecule has 2 aromatic rings. The summed E-state index contributed by atoms with van der Waals surface area (Å²) in [5, 5.41) is 11.0. The summed E-state index contributed by atoms with van der Waals surface area (Å²) >= 11 is 0. The molecule has 8 heteroatoms. The van der Waals surface area contributed by atoms with E-state index in [2.05, 4.69) is 4.72 Å². The molecule has 0 atom stereocenters. The molecule has 0 saturated heterocycles. The Morgan fingerprint density at radius 1 is 1.17 bits per heavy atom. The van der Waals surface area contributed by atoms with Crippen LogP contribution in [-0.2, 0) is 10.0 Å². The lowest BCUT2D eigenvalue weighted by atomic mass is 10.2. The van der Waals surface area contributed by atoms with Crippen LogP contribution in [0.1, 0.15) is 11.1 Å². The quantitative estimate of drug-likeness (QED) is 0.668. The number of aryl methyl sites for hydroxylation is 1. The molecule has 122 valence electrons. The third kappa shape index (κ3) is 3.42. The van der Waals surface area contributed by atoms with Crippen LogP contribution in [0.15, 0.2) is 41.3 Å². The first-order valence-corrected chi connectivity index (χ1v) is 8.16. The van der Waals surface area contributed by atoms with E-state index in [-0.39, 0.29) is 21.8 Å². The number of hydrogen-bond acceptors (Lipinski definition) is 5. The summed E-state index contributed by atoms with van der Waals surface area (Å²) in [5.41, 5.74) is 1.01. The summed E-state index contributed by atoms with van der Waals surface area (Å²) in [4.78, 5) is 10.2. The fourth-order valence-electron chi connectivity index (χ4n) is 2.17. The van der Waals surface area contributed by atoms with Gasteiger partial charge in [0.15, 0.2) is 0 Å². The van der Waals surface area contributed by atoms with E-state index >= 15 is 0 Å². The highest BCUT2D eigenvalue weighted by molar-refractivity contribution is 7.92. The molecule has 0 saturated carbocycles. The van der Waals surface area contributed by atoms with Crippen molar-refractivity contribution < 1.29 is 18.1 Å². The summed E-state index contributed by atoms with van der Waals surface area (Å²) < 4.78 is 32.7. The Balaban J connectivity index is 2.48. The zero-order valence-corrected chi connectivity index (χ0v) is 13.7. The lowest BCUT2D eigenvalue weighted by Gasteiger charge is -2.13. The van der Waals surface area contributed by atoms with E-state index in [1.165, 1.54) is 32.2 Å². The maximum absolute atomic E-state index is 12.6. The van der Waals surface area contributed by atoms with E-state index in [1.54, 1.807) is 18.2 Å². The molecule has 2 rings (SSSR count). The minimum Gasteiger partial charge on any atom is -0.495 e. The molecule has 23 heavy (non-hydrogen) atoms. The molecule has 7 nitrogen and oxygen atoms in total. The fraction of sp³-hybridized carbons (Fsp3) is 0.200. The van der Waals surface area contributed by atoms with E-state index in [4.69, 9.17) is 4.74 Å². The molecule has 0 aromatic heterocycles. The Bertz CT molecular complexity index is 862. The van der Waals surface area contributed by atoms with E-state index in [0.717, 1.165) is 5.56 Å². The highest BCUT2D eigenvalue weighted by atomic mass is 32.2. The van der Waals surface area contributed by atoms with Crippen LogP contribution in [0.4, 0.5) is 11.4 Å². The van der Waals surface area contributed by atoms with Gasteiger partial charge in [0.05, 0.1) is 22.6 Å². The van der Waals surface area contributed by atoms with Crippen molar-refractivity contribution >= 4 is 21.4 Å². The summed E-state index contributed by atoms with van der Waals surface area (Å²) in [6, 6.07) is 8.94. The predicted octanol–water partition coefficient (Wildman–Crippen LogP) is 3.02. The van der Waals surface area contributed by atoms with Gasteiger partial charge in [-0.05, 0) is 37.6 Å². The van der Waals surface area contributed by atoms with Gasteiger partial charge in [0.1, 0.15) is 5.75 Å². The van der Waals surface area contributed by atoms with E-state index in [9.17, 15) is 18.5 Å². The second kappa shape index (κ2) is 6.25. The highest BCUT2D eigenvalue weighted by Crippen LogP contribution is 2.30. The monoisotopic (exact) mass is 336 g/mol. The van der Waals surface area contributed by atoms with Gasteiger partial charge in [-0.25, -0.2) is 8.42 Å². The van der Waals surface area contributed by atoms with Crippen LogP contribution < -0.4 is 9.46 Å². The number of nitro benzene ring substituents is 1. The van der Waals surface area contributed by atoms with Gasteiger partial charge >= 0.3 is 0 Å². The van der Waals surface area contributed by atoms with Crippen LogP contribution in [0.25, 0.3) is 0 Å². The third-order valence-electron chi connectivity index (χ3n) is 3.34. The van der Waals surface area contributed by atoms with Gasteiger partial charge in [0.25, 0.3) is 15.7 Å². The molecule has 0 heterocycles. The molecule has 2 aromatic carbocycles. The lowest BCUT2D eigenvalue weighted by Crippen LogP contribution is -2.15. The van der Waals surface area contributed by atoms with Crippen LogP contribution in [0.3, 0.4) is 0 Å². The van der Waals surface area contributed by atoms with Gasteiger partial charge in [-0.15, -0.1) is 0 Å². The SMILES string of the molecule is COc1cc(C)ccc1NS(=O)(=O)c1cccc([N+](=O)[O-])c1C. The lowest BCUT2D eigenvalue weighted by molar-refractivity contribution is -0.385. The number of nitrogens with one attached hydrogen (secondary N) is 1. The van der Waals surface area contributed by atoms with Crippen molar-refractivity contribution in [1.82, 2.24) is 0 Å². The molecule has 0 aliphatic carbocycles. The molecule has 0 aliphatic heterocycles. The maximum Gasteiger partial charge on any atom is 0.273 e. The maximum atomic E-state index is 12.6. The molecule has 0 fully saturated rings. The average molecular weight is 336 g/mol. The minimum atomic E-state index is -3.98. The molecule has 1 N–H and O–H groups in total. The van der Waals surface area contributed by atoms with Gasteiger partial charge in [-0.3, -0.25) is 14.8 Å². The Labute approximate surface area is 134 Å². The van der Waals surface area contributed by atoms with E-state index < -0.39 is 14.9 Å². The molecule has 0 radical (unpaired) electrons. The third-order valence-corrected chi connectivity index (χ3v) is 4.85. The van der Waals surface area contributed by atoms with Crippen molar-refractivity contribution in [3.05, 3.63) is 57.6 Å². The predicted molar refractivity (Wildman–Crippen MR) is 86.4 cm³/mol. The van der Waals surface area contributed by atoms with Gasteiger partial charge in [0, 0.05) is 11.6 Å². The average Bonchev–Trinajstić information content (AvgIpc) is 2.48. The fourth-order valence-corrected chi connectivity index (χ4v) is 3.51. The first kappa shape index (κ1) is 16.8. The zero-order valence-electron chi connectivity index (χ0n) is 12.9. The summed E-state index contributed by atoms with van der Waals surface area (Å²) in [7, 11) is -2.54. The Morgan fingerprint density at radius 2 is 1.87 bits per heavy atom. The number of rotatable bonds is 5. The van der Waals surface area contributed by atoms with Crippen molar-refractivity contribution in [2.75, 3.05) is 11.8 Å². The number of nitro groups is 1. The summed E-state index contributed by atoms with van der Waals surface area (Å²) in [6.07, 6.45) is 0. The molecule has 0 spiro atoms. The van der Waals surface area contributed by atoms with Crippen LogP contribution in [0, 0.1) is 24.0 Å². The van der Waals surface area contributed by atoms with Crippen molar-refractivity contribution in [3.8, 4) is 5.75 Å². The normalized spacial score (nSPS) is 11.1. The number of benzene rings is 2. The van der Waals surface area contributed by atoms with Crippen molar-refractivity contribution in [1.29, 1.82) is 0 Å². The number of anilines is 1. The van der Waals surface area contributed by atoms with E-state index in [0.29, 0.717) is 5.75 Å². The zero-order chi connectivity index (χ0) is 17.2. The molecule has 0 amide bonds. The van der Waals surface area contributed by atoms with Crippen LogP contribution >= 0.6 is 0 Å². The number of hydrogen-bond donors (Lipinski definition) is 1. The Hall–Kier alpha value is -2.61. The van der Waals surface area contributed by atoms with Crippen molar-refractivity contribution in [3.63, 3.8) is 0 Å². The minimum absolute atomic E-state index is 0.0797. The molecule has 0 bridgehead atoms. The smallest absolute Gasteiger partial charge is 0.273 e. The number of sulfonamides is 1. The van der Waals surface area contributed by atoms with Crippen LogP contribution in [0.2, 0.25) is 0 Å². The topological polar surface area (TPSA) is 98.5 Å².